The monoisotopic (exact) mass is 274 g/mol. The molecular weight excluding hydrogens is 256 g/mol. The zero-order valence-electron chi connectivity index (χ0n) is 11.8. The quantitative estimate of drug-likeness (QED) is 0.740. The first-order chi connectivity index (χ1) is 10.4. The number of hydrogen-bond acceptors (Lipinski definition) is 1. The maximum Gasteiger partial charge on any atom is 0.0899 e. The van der Waals surface area contributed by atoms with Gasteiger partial charge < -0.3 is 5.11 Å². The summed E-state index contributed by atoms with van der Waals surface area (Å²) in [5.41, 5.74) is 3.19. The predicted molar refractivity (Wildman–Crippen MR) is 86.1 cm³/mol. The Labute approximate surface area is 125 Å². The maximum absolute atomic E-state index is 10.9. The van der Waals surface area contributed by atoms with Gasteiger partial charge in [-0.2, -0.15) is 0 Å². The fourth-order valence-corrected chi connectivity index (χ4v) is 2.72. The first-order valence-electron chi connectivity index (χ1n) is 7.19. The van der Waals surface area contributed by atoms with E-state index in [1.54, 1.807) is 0 Å². The van der Waals surface area contributed by atoms with Crippen LogP contribution in [0.5, 0.6) is 0 Å². The van der Waals surface area contributed by atoms with Crippen molar-refractivity contribution in [3.8, 4) is 0 Å². The van der Waals surface area contributed by atoms with Crippen molar-refractivity contribution >= 4 is 0 Å². The Morgan fingerprint density at radius 2 is 0.810 bits per heavy atom. The fraction of sp³-hybridized carbons (Fsp3) is 0.100. The second-order valence-corrected chi connectivity index (χ2v) is 5.15. The highest BCUT2D eigenvalue weighted by Crippen LogP contribution is 2.36. The van der Waals surface area contributed by atoms with Crippen LogP contribution in [-0.4, -0.2) is 5.11 Å². The lowest BCUT2D eigenvalue weighted by molar-refractivity contribution is 0.159. The van der Waals surface area contributed by atoms with E-state index in [9.17, 15) is 5.11 Å². The van der Waals surface area contributed by atoms with Crippen LogP contribution in [0.15, 0.2) is 91.0 Å². The van der Waals surface area contributed by atoms with Gasteiger partial charge in [0.15, 0.2) is 0 Å². The molecule has 3 aromatic rings. The Bertz CT molecular complexity index is 622. The lowest BCUT2D eigenvalue weighted by atomic mass is 9.84. The highest BCUT2D eigenvalue weighted by Gasteiger charge is 2.24. The summed E-state index contributed by atoms with van der Waals surface area (Å²) in [6, 6.07) is 30.2. The van der Waals surface area contributed by atoms with Crippen molar-refractivity contribution in [2.75, 3.05) is 0 Å². The van der Waals surface area contributed by atoms with Crippen LogP contribution in [0.3, 0.4) is 0 Å². The Morgan fingerprint density at radius 1 is 0.476 bits per heavy atom. The smallest absolute Gasteiger partial charge is 0.0899 e. The van der Waals surface area contributed by atoms with Crippen LogP contribution in [0.25, 0.3) is 0 Å². The third-order valence-corrected chi connectivity index (χ3v) is 3.77. The molecule has 0 aliphatic rings. The molecule has 0 fully saturated rings. The minimum atomic E-state index is -0.559. The summed E-state index contributed by atoms with van der Waals surface area (Å²) in [6.45, 7) is 0. The predicted octanol–water partition coefficient (Wildman–Crippen LogP) is 4.55. The van der Waals surface area contributed by atoms with Crippen molar-refractivity contribution < 1.29 is 5.11 Å². The minimum Gasteiger partial charge on any atom is -0.387 e. The Balaban J connectivity index is 2.05. The molecule has 0 aromatic heterocycles. The number of hydrogen-bond donors (Lipinski definition) is 1. The van der Waals surface area contributed by atoms with E-state index in [0.717, 1.165) is 16.7 Å². The largest absolute Gasteiger partial charge is 0.387 e. The molecule has 0 unspecified atom stereocenters. The van der Waals surface area contributed by atoms with Crippen LogP contribution < -0.4 is 0 Å². The van der Waals surface area contributed by atoms with E-state index in [1.165, 1.54) is 0 Å². The summed E-state index contributed by atoms with van der Waals surface area (Å²) < 4.78 is 0. The molecule has 1 N–H and O–H groups in total. The average Bonchev–Trinajstić information content (AvgIpc) is 2.58. The summed E-state index contributed by atoms with van der Waals surface area (Å²) in [5.74, 6) is -0.0604. The first-order valence-corrected chi connectivity index (χ1v) is 7.19. The SMILES string of the molecule is O[C@H](c1ccccc1)C(c1ccccc1)c1ccccc1. The van der Waals surface area contributed by atoms with Gasteiger partial charge in [0, 0.05) is 5.92 Å². The molecule has 0 amide bonds. The lowest BCUT2D eigenvalue weighted by Crippen LogP contribution is -2.12. The van der Waals surface area contributed by atoms with Crippen LogP contribution in [-0.2, 0) is 0 Å². The highest BCUT2D eigenvalue weighted by atomic mass is 16.3. The van der Waals surface area contributed by atoms with Crippen molar-refractivity contribution in [1.29, 1.82) is 0 Å². The van der Waals surface area contributed by atoms with Crippen LogP contribution in [0.1, 0.15) is 28.7 Å². The topological polar surface area (TPSA) is 20.2 Å². The van der Waals surface area contributed by atoms with Gasteiger partial charge in [0.25, 0.3) is 0 Å². The van der Waals surface area contributed by atoms with Crippen LogP contribution in [0.2, 0.25) is 0 Å². The van der Waals surface area contributed by atoms with Gasteiger partial charge in [-0.15, -0.1) is 0 Å². The van der Waals surface area contributed by atoms with E-state index in [4.69, 9.17) is 0 Å². The molecule has 21 heavy (non-hydrogen) atoms. The van der Waals surface area contributed by atoms with Gasteiger partial charge in [-0.1, -0.05) is 91.0 Å². The zero-order valence-corrected chi connectivity index (χ0v) is 11.8. The van der Waals surface area contributed by atoms with E-state index in [-0.39, 0.29) is 5.92 Å². The third kappa shape index (κ3) is 3.04. The molecule has 3 rings (SSSR count). The van der Waals surface area contributed by atoms with Gasteiger partial charge in [-0.05, 0) is 16.7 Å². The molecule has 0 aliphatic heterocycles. The third-order valence-electron chi connectivity index (χ3n) is 3.77. The summed E-state index contributed by atoms with van der Waals surface area (Å²) in [7, 11) is 0. The lowest BCUT2D eigenvalue weighted by Gasteiger charge is -2.24. The maximum atomic E-state index is 10.9. The number of aliphatic hydroxyl groups excluding tert-OH is 1. The minimum absolute atomic E-state index is 0.0604. The van der Waals surface area contributed by atoms with Gasteiger partial charge in [0.1, 0.15) is 0 Å². The van der Waals surface area contributed by atoms with E-state index < -0.39 is 6.10 Å². The molecule has 104 valence electrons. The molecule has 1 atom stereocenters. The Morgan fingerprint density at radius 3 is 1.19 bits per heavy atom. The van der Waals surface area contributed by atoms with Crippen molar-refractivity contribution in [3.63, 3.8) is 0 Å². The van der Waals surface area contributed by atoms with Crippen molar-refractivity contribution in [1.82, 2.24) is 0 Å². The average molecular weight is 274 g/mol. The molecule has 0 radical (unpaired) electrons. The van der Waals surface area contributed by atoms with E-state index in [1.807, 2.05) is 66.7 Å². The second-order valence-electron chi connectivity index (χ2n) is 5.15. The summed E-state index contributed by atoms with van der Waals surface area (Å²) in [4.78, 5) is 0. The Hall–Kier alpha value is -2.38. The molecule has 0 bridgehead atoms. The summed E-state index contributed by atoms with van der Waals surface area (Å²) in [6.07, 6.45) is -0.559. The first kappa shape index (κ1) is 13.6. The molecule has 1 heteroatoms. The van der Waals surface area contributed by atoms with E-state index in [2.05, 4.69) is 24.3 Å². The summed E-state index contributed by atoms with van der Waals surface area (Å²) in [5, 5.41) is 10.9. The molecule has 0 aliphatic carbocycles. The van der Waals surface area contributed by atoms with Crippen molar-refractivity contribution in [2.24, 2.45) is 0 Å². The molecule has 1 nitrogen and oxygen atoms in total. The zero-order chi connectivity index (χ0) is 14.5. The van der Waals surface area contributed by atoms with Crippen LogP contribution in [0.4, 0.5) is 0 Å². The molecule has 3 aromatic carbocycles. The molecular formula is C20H18O. The summed E-state index contributed by atoms with van der Waals surface area (Å²) >= 11 is 0. The Kier molecular flexibility index (Phi) is 4.13. The fourth-order valence-electron chi connectivity index (χ4n) is 2.72. The van der Waals surface area contributed by atoms with Gasteiger partial charge >= 0.3 is 0 Å². The van der Waals surface area contributed by atoms with E-state index in [0.29, 0.717) is 0 Å². The van der Waals surface area contributed by atoms with Crippen LogP contribution >= 0.6 is 0 Å². The number of benzene rings is 3. The van der Waals surface area contributed by atoms with Gasteiger partial charge in [-0.3, -0.25) is 0 Å². The number of rotatable bonds is 4. The second kappa shape index (κ2) is 6.38. The molecule has 0 heterocycles. The number of aliphatic hydroxyl groups is 1. The van der Waals surface area contributed by atoms with Crippen molar-refractivity contribution in [2.45, 2.75) is 12.0 Å². The molecule has 0 spiro atoms. The van der Waals surface area contributed by atoms with Gasteiger partial charge in [-0.25, -0.2) is 0 Å². The highest BCUT2D eigenvalue weighted by molar-refractivity contribution is 5.36. The standard InChI is InChI=1S/C20H18O/c21-20(18-14-8-3-9-15-18)19(16-10-4-1-5-11-16)17-12-6-2-7-13-17/h1-15,19-21H/t20-/m1/s1. The van der Waals surface area contributed by atoms with E-state index >= 15 is 0 Å². The van der Waals surface area contributed by atoms with Gasteiger partial charge in [0.2, 0.25) is 0 Å². The normalized spacial score (nSPS) is 12.3. The van der Waals surface area contributed by atoms with Gasteiger partial charge in [0.05, 0.1) is 6.10 Å². The van der Waals surface area contributed by atoms with Crippen LogP contribution in [0, 0.1) is 0 Å². The molecule has 0 saturated heterocycles. The molecule has 0 saturated carbocycles. The van der Waals surface area contributed by atoms with Crippen molar-refractivity contribution in [3.05, 3.63) is 108 Å².